The van der Waals surface area contributed by atoms with Crippen molar-refractivity contribution >= 4 is 15.8 Å². The van der Waals surface area contributed by atoms with Gasteiger partial charge in [-0.15, -0.1) is 5.10 Å². The highest BCUT2D eigenvalue weighted by atomic mass is 32.2. The summed E-state index contributed by atoms with van der Waals surface area (Å²) in [5.74, 6) is -1.17. The second-order valence-electron chi connectivity index (χ2n) is 4.83. The molecule has 1 aliphatic heterocycles. The van der Waals surface area contributed by atoms with E-state index in [9.17, 15) is 18.3 Å². The summed E-state index contributed by atoms with van der Waals surface area (Å²) in [6.45, 7) is 0. The minimum atomic E-state index is -3.10. The van der Waals surface area contributed by atoms with Crippen LogP contribution >= 0.6 is 0 Å². The number of nitrogens with zero attached hydrogens (tertiary/aromatic N) is 4. The largest absolute Gasteiger partial charge is 0.476 e. The van der Waals surface area contributed by atoms with Crippen molar-refractivity contribution in [2.75, 3.05) is 11.5 Å². The SMILES string of the molecule is O=C(O)c1nnn(C2CCS(=O)(=O)C2)c1-c1ccncc1. The third kappa shape index (κ3) is 2.51. The summed E-state index contributed by atoms with van der Waals surface area (Å²) < 4.78 is 24.6. The van der Waals surface area contributed by atoms with Crippen LogP contribution in [0.25, 0.3) is 11.3 Å². The molecule has 2 aromatic heterocycles. The Morgan fingerprint density at radius 2 is 2.05 bits per heavy atom. The normalized spacial score (nSPS) is 20.5. The molecule has 3 rings (SSSR count). The van der Waals surface area contributed by atoms with Crippen molar-refractivity contribution in [2.24, 2.45) is 0 Å². The number of aromatic nitrogens is 4. The van der Waals surface area contributed by atoms with Gasteiger partial charge in [-0.2, -0.15) is 0 Å². The van der Waals surface area contributed by atoms with E-state index in [4.69, 9.17) is 0 Å². The lowest BCUT2D eigenvalue weighted by Crippen LogP contribution is -2.14. The second kappa shape index (κ2) is 4.92. The molecule has 2 aromatic rings. The third-order valence-electron chi connectivity index (χ3n) is 3.41. The average Bonchev–Trinajstić information content (AvgIpc) is 3.02. The first-order valence-corrected chi connectivity index (χ1v) is 8.09. The van der Waals surface area contributed by atoms with Gasteiger partial charge < -0.3 is 5.11 Å². The number of carbonyl (C=O) groups is 1. The number of pyridine rings is 1. The number of aromatic carboxylic acids is 1. The van der Waals surface area contributed by atoms with Gasteiger partial charge in [-0.25, -0.2) is 17.9 Å². The summed E-state index contributed by atoms with van der Waals surface area (Å²) in [5, 5.41) is 16.8. The van der Waals surface area contributed by atoms with Crippen molar-refractivity contribution in [2.45, 2.75) is 12.5 Å². The van der Waals surface area contributed by atoms with Gasteiger partial charge in [0.25, 0.3) is 0 Å². The number of carboxylic acids is 1. The molecule has 1 unspecified atom stereocenters. The molecule has 110 valence electrons. The quantitative estimate of drug-likeness (QED) is 0.872. The molecule has 21 heavy (non-hydrogen) atoms. The molecule has 8 nitrogen and oxygen atoms in total. The minimum absolute atomic E-state index is 0.0481. The zero-order valence-electron chi connectivity index (χ0n) is 10.9. The monoisotopic (exact) mass is 308 g/mol. The van der Waals surface area contributed by atoms with E-state index < -0.39 is 21.8 Å². The van der Waals surface area contributed by atoms with Gasteiger partial charge in [0.15, 0.2) is 15.5 Å². The molecule has 9 heteroatoms. The Morgan fingerprint density at radius 3 is 2.62 bits per heavy atom. The molecule has 0 radical (unpaired) electrons. The van der Waals surface area contributed by atoms with Crippen LogP contribution in [0, 0.1) is 0 Å². The standard InChI is InChI=1S/C12H12N4O4S/c17-12(18)10-11(8-1-4-13-5-2-8)16(15-14-10)9-3-6-21(19,20)7-9/h1-2,4-5,9H,3,6-7H2,(H,17,18). The Morgan fingerprint density at radius 1 is 1.33 bits per heavy atom. The molecule has 0 aliphatic carbocycles. The lowest BCUT2D eigenvalue weighted by atomic mass is 10.1. The van der Waals surface area contributed by atoms with E-state index in [1.165, 1.54) is 17.1 Å². The van der Waals surface area contributed by atoms with E-state index in [-0.39, 0.29) is 17.2 Å². The van der Waals surface area contributed by atoms with Crippen molar-refractivity contribution in [3.8, 4) is 11.3 Å². The molecule has 0 spiro atoms. The maximum absolute atomic E-state index is 11.6. The topological polar surface area (TPSA) is 115 Å². The number of rotatable bonds is 3. The van der Waals surface area contributed by atoms with E-state index in [1.54, 1.807) is 12.1 Å². The highest BCUT2D eigenvalue weighted by Crippen LogP contribution is 2.30. The van der Waals surface area contributed by atoms with Crippen LogP contribution in [0.4, 0.5) is 0 Å². The van der Waals surface area contributed by atoms with Crippen molar-refractivity contribution < 1.29 is 18.3 Å². The third-order valence-corrected chi connectivity index (χ3v) is 5.16. The zero-order valence-corrected chi connectivity index (χ0v) is 11.7. The van der Waals surface area contributed by atoms with Crippen LogP contribution in [0.15, 0.2) is 24.5 Å². The summed E-state index contributed by atoms with van der Waals surface area (Å²) in [4.78, 5) is 15.2. The molecular weight excluding hydrogens is 296 g/mol. The molecule has 1 atom stereocenters. The van der Waals surface area contributed by atoms with Gasteiger partial charge in [-0.3, -0.25) is 4.98 Å². The molecule has 3 heterocycles. The molecule has 0 aromatic carbocycles. The van der Waals surface area contributed by atoms with E-state index >= 15 is 0 Å². The molecule has 1 fully saturated rings. The summed E-state index contributed by atoms with van der Waals surface area (Å²) in [6, 6.07) is 2.90. The summed E-state index contributed by atoms with van der Waals surface area (Å²) in [5.41, 5.74) is 0.717. The van der Waals surface area contributed by atoms with Gasteiger partial charge in [-0.1, -0.05) is 5.21 Å². The van der Waals surface area contributed by atoms with Crippen molar-refractivity contribution in [3.05, 3.63) is 30.2 Å². The molecule has 1 saturated heterocycles. The fourth-order valence-electron chi connectivity index (χ4n) is 2.44. The first-order valence-electron chi connectivity index (χ1n) is 6.27. The zero-order chi connectivity index (χ0) is 15.0. The number of hydrogen-bond acceptors (Lipinski definition) is 6. The molecule has 0 bridgehead atoms. The van der Waals surface area contributed by atoms with Crippen LogP contribution in [0.2, 0.25) is 0 Å². The predicted octanol–water partition coefficient (Wildman–Crippen LogP) is 0.398. The van der Waals surface area contributed by atoms with Crippen molar-refractivity contribution in [1.82, 2.24) is 20.0 Å². The van der Waals surface area contributed by atoms with Crippen LogP contribution < -0.4 is 0 Å². The summed E-state index contributed by atoms with van der Waals surface area (Å²) in [6.07, 6.45) is 3.47. The Balaban J connectivity index is 2.12. The van der Waals surface area contributed by atoms with Crippen LogP contribution in [-0.2, 0) is 9.84 Å². The van der Waals surface area contributed by atoms with Crippen molar-refractivity contribution in [1.29, 1.82) is 0 Å². The van der Waals surface area contributed by atoms with Gasteiger partial charge in [-0.05, 0) is 18.6 Å². The highest BCUT2D eigenvalue weighted by molar-refractivity contribution is 7.91. The highest BCUT2D eigenvalue weighted by Gasteiger charge is 2.33. The van der Waals surface area contributed by atoms with Gasteiger partial charge in [0.1, 0.15) is 5.69 Å². The smallest absolute Gasteiger partial charge is 0.358 e. The van der Waals surface area contributed by atoms with Crippen LogP contribution in [0.3, 0.4) is 0 Å². The van der Waals surface area contributed by atoms with E-state index in [0.717, 1.165) is 0 Å². The van der Waals surface area contributed by atoms with E-state index in [1.807, 2.05) is 0 Å². The minimum Gasteiger partial charge on any atom is -0.476 e. The maximum Gasteiger partial charge on any atom is 0.358 e. The fourth-order valence-corrected chi connectivity index (χ4v) is 4.13. The first kappa shape index (κ1) is 13.7. The van der Waals surface area contributed by atoms with E-state index in [0.29, 0.717) is 17.7 Å². The molecule has 1 N–H and O–H groups in total. The van der Waals surface area contributed by atoms with Crippen LogP contribution in [0.1, 0.15) is 23.0 Å². The molecular formula is C12H12N4O4S. The lowest BCUT2D eigenvalue weighted by molar-refractivity contribution is 0.0691. The summed E-state index contributed by atoms with van der Waals surface area (Å²) >= 11 is 0. The Bertz CT molecular complexity index is 785. The van der Waals surface area contributed by atoms with Gasteiger partial charge >= 0.3 is 5.97 Å². The van der Waals surface area contributed by atoms with Crippen molar-refractivity contribution in [3.63, 3.8) is 0 Å². The number of carboxylic acid groups (broad SMARTS) is 1. The Kier molecular flexibility index (Phi) is 3.20. The molecule has 1 aliphatic rings. The molecule has 0 amide bonds. The van der Waals surface area contributed by atoms with Gasteiger partial charge in [0.05, 0.1) is 17.5 Å². The Hall–Kier alpha value is -2.29. The van der Waals surface area contributed by atoms with Gasteiger partial charge in [0, 0.05) is 18.0 Å². The second-order valence-corrected chi connectivity index (χ2v) is 7.06. The summed E-state index contributed by atoms with van der Waals surface area (Å²) in [7, 11) is -3.10. The predicted molar refractivity (Wildman–Crippen MR) is 72.5 cm³/mol. The van der Waals surface area contributed by atoms with Crippen LogP contribution in [0.5, 0.6) is 0 Å². The van der Waals surface area contributed by atoms with Gasteiger partial charge in [0.2, 0.25) is 0 Å². The fraction of sp³-hybridized carbons (Fsp3) is 0.333. The average molecular weight is 308 g/mol. The first-order chi connectivity index (χ1) is 9.98. The number of sulfone groups is 1. The Labute approximate surface area is 120 Å². The lowest BCUT2D eigenvalue weighted by Gasteiger charge is -2.12. The molecule has 0 saturated carbocycles. The number of hydrogen-bond donors (Lipinski definition) is 1. The maximum atomic E-state index is 11.6. The van der Waals surface area contributed by atoms with Crippen LogP contribution in [-0.4, -0.2) is 51.0 Å². The van der Waals surface area contributed by atoms with E-state index in [2.05, 4.69) is 15.3 Å².